The molecule has 0 saturated heterocycles. The average molecular weight is 723 g/mol. The summed E-state index contributed by atoms with van der Waals surface area (Å²) in [4.78, 5) is 70.3. The highest BCUT2D eigenvalue weighted by Gasteiger charge is 2.55. The van der Waals surface area contributed by atoms with Crippen LogP contribution in [0, 0.1) is 24.2 Å². The van der Waals surface area contributed by atoms with Gasteiger partial charge in [0.25, 0.3) is 0 Å². The fraction of sp³-hybridized carbons (Fsp3) is 0.439. The Hall–Kier alpha value is -5.39. The summed E-state index contributed by atoms with van der Waals surface area (Å²) in [6, 6.07) is -0.506. The van der Waals surface area contributed by atoms with Gasteiger partial charge in [0, 0.05) is 66.5 Å². The van der Waals surface area contributed by atoms with Gasteiger partial charge >= 0.3 is 23.9 Å². The molecule has 4 aliphatic heterocycles. The van der Waals surface area contributed by atoms with Gasteiger partial charge in [0.2, 0.25) is 0 Å². The third-order valence-corrected chi connectivity index (χ3v) is 11.5. The van der Waals surface area contributed by atoms with Crippen LogP contribution in [-0.2, 0) is 52.7 Å². The van der Waals surface area contributed by atoms with Gasteiger partial charge in [-0.3, -0.25) is 29.4 Å². The number of carboxylic acids is 1. The van der Waals surface area contributed by atoms with E-state index in [9.17, 15) is 24.3 Å². The van der Waals surface area contributed by atoms with E-state index in [2.05, 4.69) is 18.5 Å². The molecule has 0 amide bonds. The standard InChI is InChI=1S/C41H46N4O8/c1-9-23-20(2)29-17-34-27-13-10-26(39(49)52-7)38(40(50)53-8)41(27,5)35(45-34)19-30-22(4)25(12-15-37(48)51-6)33(44-30)18-32-24(11-14-36(46)47)21(3)28(43-32)16-31(23)42-29/h9-10,13,19-20,30,38,43H,1,11-12,14-18H2,2-8H3,(H,46,47)/t20?,30?,38-,41+/m1/s1. The Morgan fingerprint density at radius 2 is 1.74 bits per heavy atom. The molecule has 1 aromatic rings. The Bertz CT molecular complexity index is 2080. The van der Waals surface area contributed by atoms with Crippen molar-refractivity contribution in [3.8, 4) is 0 Å². The number of esters is 3. The molecule has 5 heterocycles. The molecule has 0 fully saturated rings. The second-order valence-corrected chi connectivity index (χ2v) is 14.3. The summed E-state index contributed by atoms with van der Waals surface area (Å²) in [6.45, 7) is 12.1. The maximum Gasteiger partial charge on any atom is 0.334 e. The SMILES string of the molecule is C=CC1=C2Cc3[nH]c(c(CCC(=O)O)c3C)CC3=NC(C=C4N=C(CC(=N2)C1C)C1=CC=C(C(=O)OC)[C@H](C(=O)OC)[C@]41C)C(C)=C3CCC(=O)OC. The number of fused-ring (bicyclic) bond motifs is 8. The minimum atomic E-state index is -1.12. The van der Waals surface area contributed by atoms with Crippen LogP contribution in [0.3, 0.4) is 0 Å². The van der Waals surface area contributed by atoms with Crippen molar-refractivity contribution in [3.63, 3.8) is 0 Å². The van der Waals surface area contributed by atoms with Crippen LogP contribution in [0.2, 0.25) is 0 Å². The lowest BCUT2D eigenvalue weighted by molar-refractivity contribution is -0.150. The number of hydrogen-bond donors (Lipinski definition) is 2. The number of aromatic nitrogens is 1. The average Bonchev–Trinajstić information content (AvgIpc) is 3.79. The smallest absolute Gasteiger partial charge is 0.334 e. The van der Waals surface area contributed by atoms with Crippen molar-refractivity contribution in [2.45, 2.75) is 78.7 Å². The van der Waals surface area contributed by atoms with Crippen molar-refractivity contribution in [1.82, 2.24) is 4.98 Å². The van der Waals surface area contributed by atoms with Gasteiger partial charge < -0.3 is 24.3 Å². The molecule has 1 aliphatic carbocycles. The van der Waals surface area contributed by atoms with Crippen LogP contribution in [0.25, 0.3) is 0 Å². The fourth-order valence-electron chi connectivity index (χ4n) is 8.48. The number of rotatable bonds is 9. The zero-order valence-corrected chi connectivity index (χ0v) is 31.3. The predicted molar refractivity (Wildman–Crippen MR) is 200 cm³/mol. The van der Waals surface area contributed by atoms with E-state index in [0.717, 1.165) is 67.6 Å². The van der Waals surface area contributed by atoms with Crippen LogP contribution in [0.15, 0.2) is 85.1 Å². The maximum absolute atomic E-state index is 13.7. The van der Waals surface area contributed by atoms with E-state index >= 15 is 0 Å². The molecule has 6 rings (SSSR count). The van der Waals surface area contributed by atoms with E-state index in [-0.39, 0.29) is 30.3 Å². The molecular weight excluding hydrogens is 676 g/mol. The predicted octanol–water partition coefficient (Wildman–Crippen LogP) is 5.63. The summed E-state index contributed by atoms with van der Waals surface area (Å²) in [5.41, 5.74) is 10.1. The number of hydrogen-bond acceptors (Lipinski definition) is 10. The third-order valence-electron chi connectivity index (χ3n) is 11.5. The molecule has 12 nitrogen and oxygen atoms in total. The fourth-order valence-corrected chi connectivity index (χ4v) is 8.48. The van der Waals surface area contributed by atoms with Crippen LogP contribution in [0.1, 0.15) is 69.0 Å². The Balaban J connectivity index is 1.59. The first-order valence-corrected chi connectivity index (χ1v) is 17.8. The Labute approximate surface area is 308 Å². The van der Waals surface area contributed by atoms with Crippen LogP contribution in [0.5, 0.6) is 0 Å². The number of nitrogens with one attached hydrogen (secondary N) is 1. The molecule has 0 aromatic carbocycles. The second kappa shape index (κ2) is 14.6. The van der Waals surface area contributed by atoms with Crippen LogP contribution in [-0.4, -0.2) is 78.5 Å². The highest BCUT2D eigenvalue weighted by atomic mass is 16.5. The van der Waals surface area contributed by atoms with Crippen LogP contribution < -0.4 is 0 Å². The monoisotopic (exact) mass is 722 g/mol. The molecule has 0 spiro atoms. The van der Waals surface area contributed by atoms with Crippen molar-refractivity contribution in [1.29, 1.82) is 0 Å². The van der Waals surface area contributed by atoms with Gasteiger partial charge in [-0.05, 0) is 73.1 Å². The first-order valence-electron chi connectivity index (χ1n) is 17.8. The van der Waals surface area contributed by atoms with E-state index in [1.807, 2.05) is 39.0 Å². The number of carbonyl (C=O) groups excluding carboxylic acids is 3. The molecule has 8 bridgehead atoms. The van der Waals surface area contributed by atoms with Crippen molar-refractivity contribution in [2.75, 3.05) is 21.3 Å². The first kappa shape index (κ1) is 37.4. The molecule has 2 N–H and O–H groups in total. The number of aliphatic carboxylic acids is 1. The molecule has 278 valence electrons. The lowest BCUT2D eigenvalue weighted by Gasteiger charge is -2.37. The largest absolute Gasteiger partial charge is 0.481 e. The summed E-state index contributed by atoms with van der Waals surface area (Å²) < 4.78 is 15.4. The quantitative estimate of drug-likeness (QED) is 0.244. The van der Waals surface area contributed by atoms with E-state index in [4.69, 9.17) is 29.2 Å². The number of ether oxygens (including phenoxy) is 3. The van der Waals surface area contributed by atoms with Crippen molar-refractivity contribution < 1.29 is 38.5 Å². The lowest BCUT2D eigenvalue weighted by atomic mass is 9.63. The molecule has 5 aliphatic rings. The Morgan fingerprint density at radius 1 is 0.981 bits per heavy atom. The van der Waals surface area contributed by atoms with Crippen molar-refractivity contribution in [3.05, 3.63) is 92.7 Å². The summed E-state index contributed by atoms with van der Waals surface area (Å²) in [5, 5.41) is 9.64. The van der Waals surface area contributed by atoms with Gasteiger partial charge in [0.1, 0.15) is 5.92 Å². The number of carbonyl (C=O) groups is 4. The number of nitrogens with zero attached hydrogens (tertiary/aromatic N) is 3. The van der Waals surface area contributed by atoms with Gasteiger partial charge in [0.15, 0.2) is 0 Å². The maximum atomic E-state index is 13.7. The third kappa shape index (κ3) is 6.48. The molecular formula is C41H46N4O8. The minimum Gasteiger partial charge on any atom is -0.481 e. The molecule has 2 unspecified atom stereocenters. The van der Waals surface area contributed by atoms with Crippen LogP contribution >= 0.6 is 0 Å². The second-order valence-electron chi connectivity index (χ2n) is 14.3. The summed E-state index contributed by atoms with van der Waals surface area (Å²) in [7, 11) is 3.93. The molecule has 0 saturated carbocycles. The number of methoxy groups -OCH3 is 3. The van der Waals surface area contributed by atoms with E-state index in [0.29, 0.717) is 37.8 Å². The number of aliphatic imine (C=N–C) groups is 3. The molecule has 53 heavy (non-hydrogen) atoms. The molecule has 1 aromatic heterocycles. The topological polar surface area (TPSA) is 169 Å². The van der Waals surface area contributed by atoms with Gasteiger partial charge in [-0.25, -0.2) is 4.79 Å². The molecule has 0 radical (unpaired) electrons. The normalized spacial score (nSPS) is 24.7. The minimum absolute atomic E-state index is 0.0335. The molecule has 4 atom stereocenters. The van der Waals surface area contributed by atoms with Gasteiger partial charge in [-0.2, -0.15) is 0 Å². The van der Waals surface area contributed by atoms with E-state index in [1.54, 1.807) is 6.08 Å². The van der Waals surface area contributed by atoms with E-state index < -0.39 is 35.3 Å². The summed E-state index contributed by atoms with van der Waals surface area (Å²) in [6.07, 6.45) is 9.32. The lowest BCUT2D eigenvalue weighted by Crippen LogP contribution is -2.41. The zero-order valence-electron chi connectivity index (χ0n) is 31.3. The number of allylic oxidation sites excluding steroid dienone is 7. The Kier molecular flexibility index (Phi) is 10.3. The van der Waals surface area contributed by atoms with Crippen molar-refractivity contribution in [2.24, 2.45) is 32.2 Å². The van der Waals surface area contributed by atoms with Crippen LogP contribution in [0.4, 0.5) is 0 Å². The van der Waals surface area contributed by atoms with Gasteiger partial charge in [0.05, 0.1) is 49.8 Å². The summed E-state index contributed by atoms with van der Waals surface area (Å²) >= 11 is 0. The number of aromatic amines is 1. The van der Waals surface area contributed by atoms with Gasteiger partial charge in [-0.15, -0.1) is 0 Å². The Morgan fingerprint density at radius 3 is 2.40 bits per heavy atom. The highest BCUT2D eigenvalue weighted by molar-refractivity contribution is 6.18. The van der Waals surface area contributed by atoms with Gasteiger partial charge in [-0.1, -0.05) is 31.7 Å². The summed E-state index contributed by atoms with van der Waals surface area (Å²) in [5.74, 6) is -3.59. The van der Waals surface area contributed by atoms with Crippen molar-refractivity contribution >= 4 is 41.0 Å². The highest BCUT2D eigenvalue weighted by Crippen LogP contribution is 2.55. The molecule has 12 heteroatoms. The zero-order chi connectivity index (χ0) is 38.4. The first-order chi connectivity index (χ1) is 25.3. The van der Waals surface area contributed by atoms with E-state index in [1.165, 1.54) is 21.3 Å². The number of H-pyrrole nitrogens is 1. The number of carboxylic acid groups (broad SMARTS) is 1.